The smallest absolute Gasteiger partial charge is 0.252 e. The van der Waals surface area contributed by atoms with Crippen molar-refractivity contribution in [2.24, 2.45) is 5.92 Å². The van der Waals surface area contributed by atoms with Crippen LogP contribution in [-0.2, 0) is 0 Å². The van der Waals surface area contributed by atoms with Crippen LogP contribution in [0.15, 0.2) is 4.42 Å². The van der Waals surface area contributed by atoms with Crippen molar-refractivity contribution in [2.45, 2.75) is 33.7 Å². The summed E-state index contributed by atoms with van der Waals surface area (Å²) in [4.78, 5) is 15.3. The molecule has 0 saturated carbocycles. The summed E-state index contributed by atoms with van der Waals surface area (Å²) in [6, 6.07) is 0.424. The zero-order valence-corrected chi connectivity index (χ0v) is 13.1. The Morgan fingerprint density at radius 1 is 1.15 bits per heavy atom. The number of nitrogens with one attached hydrogen (secondary N) is 1. The van der Waals surface area contributed by atoms with E-state index >= 15 is 0 Å². The van der Waals surface area contributed by atoms with Gasteiger partial charge in [-0.1, -0.05) is 13.8 Å². The van der Waals surface area contributed by atoms with Gasteiger partial charge in [0.25, 0.3) is 5.71 Å². The molecule has 6 nitrogen and oxygen atoms in total. The third-order valence-corrected chi connectivity index (χ3v) is 3.39. The van der Waals surface area contributed by atoms with Gasteiger partial charge in [0, 0.05) is 19.5 Å². The van der Waals surface area contributed by atoms with Crippen molar-refractivity contribution in [3.63, 3.8) is 0 Å². The van der Waals surface area contributed by atoms with Crippen LogP contribution in [-0.4, -0.2) is 46.5 Å². The molecule has 0 saturated heterocycles. The standard InChI is InChI=1S/C14H23N5O/c1-8(2)11(19(5)6)7-15-13-12-14(17-9(3)16-13)20-10(4)18-12/h8,11H,7H2,1-6H3,(H,15,16,17)/t11-/m1/s1. The van der Waals surface area contributed by atoms with Crippen molar-refractivity contribution < 1.29 is 4.42 Å². The lowest BCUT2D eigenvalue weighted by Crippen LogP contribution is -2.38. The summed E-state index contributed by atoms with van der Waals surface area (Å²) in [7, 11) is 4.18. The molecule has 6 heteroatoms. The highest BCUT2D eigenvalue weighted by Crippen LogP contribution is 2.21. The van der Waals surface area contributed by atoms with Crippen LogP contribution in [0.2, 0.25) is 0 Å². The first-order valence-electron chi connectivity index (χ1n) is 6.90. The number of fused-ring (bicyclic) bond motifs is 1. The topological polar surface area (TPSA) is 67.1 Å². The minimum atomic E-state index is 0.424. The van der Waals surface area contributed by atoms with E-state index in [1.54, 1.807) is 0 Å². The van der Waals surface area contributed by atoms with E-state index < -0.39 is 0 Å². The lowest BCUT2D eigenvalue weighted by atomic mass is 10.0. The summed E-state index contributed by atoms with van der Waals surface area (Å²) in [5.41, 5.74) is 1.25. The lowest BCUT2D eigenvalue weighted by Gasteiger charge is -2.28. The van der Waals surface area contributed by atoms with Crippen molar-refractivity contribution in [3.05, 3.63) is 11.7 Å². The van der Waals surface area contributed by atoms with E-state index in [4.69, 9.17) is 4.42 Å². The number of nitrogens with zero attached hydrogens (tertiary/aromatic N) is 4. The largest absolute Gasteiger partial charge is 0.422 e. The van der Waals surface area contributed by atoms with Gasteiger partial charge in [-0.2, -0.15) is 4.98 Å². The highest BCUT2D eigenvalue weighted by Gasteiger charge is 2.18. The minimum Gasteiger partial charge on any atom is -0.422 e. The molecule has 1 N–H and O–H groups in total. The summed E-state index contributed by atoms with van der Waals surface area (Å²) in [6.45, 7) is 8.91. The van der Waals surface area contributed by atoms with E-state index in [0.717, 1.165) is 12.4 Å². The Bertz CT molecular complexity index is 583. The minimum absolute atomic E-state index is 0.424. The zero-order chi connectivity index (χ0) is 14.9. The van der Waals surface area contributed by atoms with Crippen molar-refractivity contribution in [1.29, 1.82) is 0 Å². The maximum Gasteiger partial charge on any atom is 0.252 e. The van der Waals surface area contributed by atoms with Gasteiger partial charge in [0.2, 0.25) is 0 Å². The number of aryl methyl sites for hydroxylation is 2. The van der Waals surface area contributed by atoms with Gasteiger partial charge in [0.05, 0.1) is 0 Å². The number of anilines is 1. The zero-order valence-electron chi connectivity index (χ0n) is 13.1. The SMILES string of the molecule is Cc1nc(NC[C@H](C(C)C)N(C)C)c2nc(C)oc2n1. The van der Waals surface area contributed by atoms with Crippen LogP contribution in [0.3, 0.4) is 0 Å². The van der Waals surface area contributed by atoms with Gasteiger partial charge in [-0.25, -0.2) is 9.97 Å². The van der Waals surface area contributed by atoms with Crippen molar-refractivity contribution in [3.8, 4) is 0 Å². The molecule has 2 aromatic heterocycles. The van der Waals surface area contributed by atoms with Gasteiger partial charge in [-0.3, -0.25) is 0 Å². The Morgan fingerprint density at radius 3 is 2.45 bits per heavy atom. The monoisotopic (exact) mass is 277 g/mol. The molecule has 0 aliphatic heterocycles. The number of rotatable bonds is 5. The van der Waals surface area contributed by atoms with Crippen LogP contribution in [0.4, 0.5) is 5.82 Å². The highest BCUT2D eigenvalue weighted by molar-refractivity contribution is 5.81. The summed E-state index contributed by atoms with van der Waals surface area (Å²) < 4.78 is 5.48. The molecule has 0 aromatic carbocycles. The Labute approximate surface area is 119 Å². The Kier molecular flexibility index (Phi) is 4.23. The molecule has 0 fully saturated rings. The van der Waals surface area contributed by atoms with Crippen LogP contribution in [0, 0.1) is 19.8 Å². The van der Waals surface area contributed by atoms with Gasteiger partial charge in [-0.05, 0) is 26.9 Å². The second-order valence-electron chi connectivity index (χ2n) is 5.66. The van der Waals surface area contributed by atoms with Crippen LogP contribution in [0.1, 0.15) is 25.6 Å². The summed E-state index contributed by atoms with van der Waals surface area (Å²) in [5, 5.41) is 3.39. The molecule has 0 radical (unpaired) electrons. The van der Waals surface area contributed by atoms with E-state index in [9.17, 15) is 0 Å². The fourth-order valence-corrected chi connectivity index (χ4v) is 2.37. The van der Waals surface area contributed by atoms with Gasteiger partial charge in [0.15, 0.2) is 17.2 Å². The molecule has 0 unspecified atom stereocenters. The van der Waals surface area contributed by atoms with E-state index in [1.807, 2.05) is 13.8 Å². The number of hydrogen-bond acceptors (Lipinski definition) is 6. The van der Waals surface area contributed by atoms with Crippen LogP contribution in [0.25, 0.3) is 11.2 Å². The molecular formula is C14H23N5O. The molecule has 1 atom stereocenters. The van der Waals surface area contributed by atoms with Crippen LogP contribution in [0.5, 0.6) is 0 Å². The fraction of sp³-hybridized carbons (Fsp3) is 0.643. The number of aromatic nitrogens is 3. The molecule has 110 valence electrons. The first-order chi connectivity index (χ1) is 9.38. The number of likely N-dealkylation sites (N-methyl/N-ethyl adjacent to an activating group) is 1. The first kappa shape index (κ1) is 14.7. The normalized spacial score (nSPS) is 13.4. The quantitative estimate of drug-likeness (QED) is 0.904. The molecule has 20 heavy (non-hydrogen) atoms. The first-order valence-corrected chi connectivity index (χ1v) is 6.90. The van der Waals surface area contributed by atoms with E-state index in [2.05, 4.69) is 53.1 Å². The molecule has 0 bridgehead atoms. The van der Waals surface area contributed by atoms with Crippen molar-refractivity contribution in [1.82, 2.24) is 19.9 Å². The third-order valence-electron chi connectivity index (χ3n) is 3.39. The van der Waals surface area contributed by atoms with Crippen molar-refractivity contribution >= 4 is 17.0 Å². The average Bonchev–Trinajstić information content (AvgIpc) is 2.68. The van der Waals surface area contributed by atoms with E-state index in [1.165, 1.54) is 0 Å². The second-order valence-corrected chi connectivity index (χ2v) is 5.66. The Balaban J connectivity index is 2.25. The van der Waals surface area contributed by atoms with E-state index in [0.29, 0.717) is 34.9 Å². The van der Waals surface area contributed by atoms with Crippen LogP contribution >= 0.6 is 0 Å². The molecule has 2 aromatic rings. The number of oxazole rings is 1. The molecular weight excluding hydrogens is 254 g/mol. The maximum absolute atomic E-state index is 5.48. The average molecular weight is 277 g/mol. The van der Waals surface area contributed by atoms with Gasteiger partial charge in [0.1, 0.15) is 5.82 Å². The van der Waals surface area contributed by atoms with Crippen LogP contribution < -0.4 is 5.32 Å². The summed E-state index contributed by atoms with van der Waals surface area (Å²) >= 11 is 0. The molecule has 0 spiro atoms. The molecule has 2 rings (SSSR count). The maximum atomic E-state index is 5.48. The summed E-state index contributed by atoms with van der Waals surface area (Å²) in [5.74, 6) is 2.59. The lowest BCUT2D eigenvalue weighted by molar-refractivity contribution is 0.243. The van der Waals surface area contributed by atoms with Crippen molar-refractivity contribution in [2.75, 3.05) is 26.0 Å². The van der Waals surface area contributed by atoms with Gasteiger partial charge in [-0.15, -0.1) is 0 Å². The highest BCUT2D eigenvalue weighted by atomic mass is 16.4. The molecule has 0 aliphatic rings. The predicted molar refractivity (Wildman–Crippen MR) is 79.9 cm³/mol. The molecule has 0 aliphatic carbocycles. The third kappa shape index (κ3) is 3.07. The second kappa shape index (κ2) is 5.75. The Morgan fingerprint density at radius 2 is 1.85 bits per heavy atom. The Hall–Kier alpha value is -1.69. The predicted octanol–water partition coefficient (Wildman–Crippen LogP) is 2.23. The fourth-order valence-electron chi connectivity index (χ4n) is 2.37. The summed E-state index contributed by atoms with van der Waals surface area (Å²) in [6.07, 6.45) is 0. The number of hydrogen-bond donors (Lipinski definition) is 1. The van der Waals surface area contributed by atoms with E-state index in [-0.39, 0.29) is 0 Å². The van der Waals surface area contributed by atoms with Gasteiger partial charge < -0.3 is 14.6 Å². The van der Waals surface area contributed by atoms with Gasteiger partial charge >= 0.3 is 0 Å². The molecule has 2 heterocycles. The molecule has 0 amide bonds.